The molecule has 0 atom stereocenters. The zero-order valence-corrected chi connectivity index (χ0v) is 13.6. The fraction of sp³-hybridized carbons (Fsp3) is 0.333. The van der Waals surface area contributed by atoms with Crippen molar-refractivity contribution in [3.8, 4) is 0 Å². The summed E-state index contributed by atoms with van der Waals surface area (Å²) in [7, 11) is 0. The van der Waals surface area contributed by atoms with Gasteiger partial charge in [0.1, 0.15) is 10.0 Å². The lowest BCUT2D eigenvalue weighted by molar-refractivity contribution is -0.116. The monoisotopic (exact) mass is 338 g/mol. The Morgan fingerprint density at radius 1 is 1.14 bits per heavy atom. The zero-order chi connectivity index (χ0) is 15.9. The van der Waals surface area contributed by atoms with E-state index in [1.54, 1.807) is 19.1 Å². The third-order valence-electron chi connectivity index (χ3n) is 2.35. The number of carbonyl (C=O) groups is 2. The molecular weight excluding hydrogens is 324 g/mol. The first-order valence-corrected chi connectivity index (χ1v) is 8.23. The minimum absolute atomic E-state index is 0.124. The third-order valence-corrected chi connectivity index (χ3v) is 4.03. The average Bonchev–Trinajstić information content (AvgIpc) is 2.91. The van der Waals surface area contributed by atoms with E-state index in [0.29, 0.717) is 22.4 Å². The first kappa shape index (κ1) is 16.3. The summed E-state index contributed by atoms with van der Waals surface area (Å²) in [6, 6.07) is 3.35. The molecule has 22 heavy (non-hydrogen) atoms. The molecule has 2 aromatic rings. The van der Waals surface area contributed by atoms with Crippen LogP contribution in [0, 0.1) is 6.92 Å². The van der Waals surface area contributed by atoms with Gasteiger partial charge in [-0.1, -0.05) is 30.0 Å². The lowest BCUT2D eigenvalue weighted by Crippen LogP contribution is -2.14. The van der Waals surface area contributed by atoms with Crippen LogP contribution in [0.1, 0.15) is 18.4 Å². The second kappa shape index (κ2) is 7.80. The van der Waals surface area contributed by atoms with Gasteiger partial charge in [-0.25, -0.2) is 0 Å². The third kappa shape index (κ3) is 5.04. The molecule has 10 heteroatoms. The maximum atomic E-state index is 11.7. The van der Waals surface area contributed by atoms with Crippen LogP contribution in [0.25, 0.3) is 0 Å². The van der Waals surface area contributed by atoms with Crippen LogP contribution in [0.4, 0.5) is 10.9 Å². The molecule has 0 saturated carbocycles. The minimum atomic E-state index is -0.189. The quantitative estimate of drug-likeness (QED) is 0.772. The SMILES string of the molecule is CCC(=O)Nc1ccc(SCC(=O)Nc2nnc(C)s2)nn1. The molecule has 2 amide bonds. The number of thioether (sulfide) groups is 1. The largest absolute Gasteiger partial charge is 0.309 e. The van der Waals surface area contributed by atoms with E-state index in [2.05, 4.69) is 31.0 Å². The number of carbonyl (C=O) groups excluding carboxylic acids is 2. The number of hydrogen-bond acceptors (Lipinski definition) is 8. The van der Waals surface area contributed by atoms with Crippen molar-refractivity contribution >= 4 is 45.9 Å². The van der Waals surface area contributed by atoms with Crippen LogP contribution < -0.4 is 10.6 Å². The molecule has 0 aliphatic rings. The highest BCUT2D eigenvalue weighted by molar-refractivity contribution is 7.99. The van der Waals surface area contributed by atoms with Gasteiger partial charge in [0, 0.05) is 6.42 Å². The van der Waals surface area contributed by atoms with Crippen molar-refractivity contribution in [2.24, 2.45) is 0 Å². The van der Waals surface area contributed by atoms with Crippen molar-refractivity contribution in [1.29, 1.82) is 0 Å². The van der Waals surface area contributed by atoms with E-state index >= 15 is 0 Å². The van der Waals surface area contributed by atoms with Crippen molar-refractivity contribution < 1.29 is 9.59 Å². The standard InChI is InChI=1S/C12H14N6O2S2/c1-3-9(19)13-8-4-5-11(17-16-8)21-6-10(20)14-12-18-15-7(2)22-12/h4-5H,3,6H2,1-2H3,(H,13,16,19)(H,14,18,20). The average molecular weight is 338 g/mol. The van der Waals surface area contributed by atoms with E-state index in [4.69, 9.17) is 0 Å². The molecule has 0 aliphatic carbocycles. The first-order chi connectivity index (χ1) is 10.6. The highest BCUT2D eigenvalue weighted by Gasteiger charge is 2.08. The number of hydrogen-bond donors (Lipinski definition) is 2. The highest BCUT2D eigenvalue weighted by Crippen LogP contribution is 2.17. The van der Waals surface area contributed by atoms with Gasteiger partial charge in [0.2, 0.25) is 16.9 Å². The Morgan fingerprint density at radius 3 is 2.55 bits per heavy atom. The molecule has 2 aromatic heterocycles. The fourth-order valence-corrected chi connectivity index (χ4v) is 2.56. The van der Waals surface area contributed by atoms with Gasteiger partial charge >= 0.3 is 0 Å². The topological polar surface area (TPSA) is 110 Å². The van der Waals surface area contributed by atoms with Gasteiger partial charge in [0.15, 0.2) is 5.82 Å². The Morgan fingerprint density at radius 2 is 1.95 bits per heavy atom. The summed E-state index contributed by atoms with van der Waals surface area (Å²) >= 11 is 2.56. The molecule has 0 fully saturated rings. The predicted octanol–water partition coefficient (Wildman–Crippen LogP) is 1.72. The van der Waals surface area contributed by atoms with Crippen molar-refractivity contribution in [2.75, 3.05) is 16.4 Å². The maximum absolute atomic E-state index is 11.7. The van der Waals surface area contributed by atoms with Gasteiger partial charge in [0.05, 0.1) is 5.75 Å². The van der Waals surface area contributed by atoms with Gasteiger partial charge < -0.3 is 5.32 Å². The molecule has 8 nitrogen and oxygen atoms in total. The maximum Gasteiger partial charge on any atom is 0.236 e. The summed E-state index contributed by atoms with van der Waals surface area (Å²) in [5.74, 6) is 0.270. The number of rotatable bonds is 6. The number of aryl methyl sites for hydroxylation is 1. The van der Waals surface area contributed by atoms with Gasteiger partial charge in [-0.3, -0.25) is 14.9 Å². The van der Waals surface area contributed by atoms with Gasteiger partial charge in [0.25, 0.3) is 0 Å². The van der Waals surface area contributed by atoms with E-state index in [9.17, 15) is 9.59 Å². The van der Waals surface area contributed by atoms with Gasteiger partial charge in [-0.2, -0.15) is 0 Å². The van der Waals surface area contributed by atoms with Crippen LogP contribution in [0.5, 0.6) is 0 Å². The summed E-state index contributed by atoms with van der Waals surface area (Å²) in [6.45, 7) is 3.57. The molecule has 0 unspecified atom stereocenters. The van der Waals surface area contributed by atoms with Crippen LogP contribution in [-0.2, 0) is 9.59 Å². The van der Waals surface area contributed by atoms with Crippen LogP contribution in [0.2, 0.25) is 0 Å². The number of amides is 2. The van der Waals surface area contributed by atoms with Crippen LogP contribution in [-0.4, -0.2) is 38.0 Å². The molecule has 2 N–H and O–H groups in total. The number of aromatic nitrogens is 4. The van der Waals surface area contributed by atoms with Crippen molar-refractivity contribution in [3.63, 3.8) is 0 Å². The summed E-state index contributed by atoms with van der Waals surface area (Å²) in [6.07, 6.45) is 0.378. The molecular formula is C12H14N6O2S2. The van der Waals surface area contributed by atoms with Crippen molar-refractivity contribution in [3.05, 3.63) is 17.1 Å². The van der Waals surface area contributed by atoms with Gasteiger partial charge in [-0.05, 0) is 19.1 Å². The molecule has 2 rings (SSSR count). The number of anilines is 2. The number of nitrogens with one attached hydrogen (secondary N) is 2. The number of nitrogens with zero attached hydrogens (tertiary/aromatic N) is 4. The predicted molar refractivity (Wildman–Crippen MR) is 85.0 cm³/mol. The molecule has 0 bridgehead atoms. The molecule has 0 saturated heterocycles. The fourth-order valence-electron chi connectivity index (χ4n) is 1.34. The van der Waals surface area contributed by atoms with Crippen LogP contribution in [0.3, 0.4) is 0 Å². The van der Waals surface area contributed by atoms with E-state index in [1.165, 1.54) is 23.1 Å². The summed E-state index contributed by atoms with van der Waals surface area (Å²) in [5.41, 5.74) is 0. The Kier molecular flexibility index (Phi) is 5.78. The molecule has 0 spiro atoms. The minimum Gasteiger partial charge on any atom is -0.309 e. The zero-order valence-electron chi connectivity index (χ0n) is 12.0. The summed E-state index contributed by atoms with van der Waals surface area (Å²) in [4.78, 5) is 23.0. The molecule has 2 heterocycles. The van der Waals surface area contributed by atoms with E-state index in [1.807, 2.05) is 6.92 Å². The second-order valence-electron chi connectivity index (χ2n) is 4.12. The van der Waals surface area contributed by atoms with E-state index < -0.39 is 0 Å². The lowest BCUT2D eigenvalue weighted by atomic mass is 10.4. The molecule has 0 aliphatic heterocycles. The van der Waals surface area contributed by atoms with E-state index in [0.717, 1.165) is 5.01 Å². The lowest BCUT2D eigenvalue weighted by Gasteiger charge is -2.03. The summed E-state index contributed by atoms with van der Waals surface area (Å²) in [5, 5.41) is 22.6. The highest BCUT2D eigenvalue weighted by atomic mass is 32.2. The van der Waals surface area contributed by atoms with Crippen LogP contribution in [0.15, 0.2) is 17.2 Å². The molecule has 0 radical (unpaired) electrons. The van der Waals surface area contributed by atoms with Crippen LogP contribution >= 0.6 is 23.1 Å². The van der Waals surface area contributed by atoms with Crippen molar-refractivity contribution in [2.45, 2.75) is 25.3 Å². The smallest absolute Gasteiger partial charge is 0.236 e. The first-order valence-electron chi connectivity index (χ1n) is 6.43. The Labute approximate surface area is 135 Å². The Balaban J connectivity index is 1.81. The molecule has 0 aromatic carbocycles. The second-order valence-corrected chi connectivity index (χ2v) is 6.30. The molecule has 116 valence electrons. The van der Waals surface area contributed by atoms with E-state index in [-0.39, 0.29) is 17.6 Å². The van der Waals surface area contributed by atoms with Crippen molar-refractivity contribution in [1.82, 2.24) is 20.4 Å². The normalized spacial score (nSPS) is 10.3. The Hall–Kier alpha value is -2.07. The Bertz CT molecular complexity index is 658. The van der Waals surface area contributed by atoms with Gasteiger partial charge in [-0.15, -0.1) is 20.4 Å². The summed E-state index contributed by atoms with van der Waals surface area (Å²) < 4.78 is 0.